The summed E-state index contributed by atoms with van der Waals surface area (Å²) in [4.78, 5) is 12.3. The molecule has 1 atom stereocenters. The molecule has 1 amide bonds. The van der Waals surface area contributed by atoms with E-state index in [2.05, 4.69) is 15.5 Å². The molecule has 0 unspecified atom stereocenters. The van der Waals surface area contributed by atoms with Gasteiger partial charge in [0.15, 0.2) is 11.5 Å². The smallest absolute Gasteiger partial charge is 0.350 e. The van der Waals surface area contributed by atoms with Gasteiger partial charge in [0.25, 0.3) is 0 Å². The lowest BCUT2D eigenvalue weighted by molar-refractivity contribution is -0.147. The third kappa shape index (κ3) is 3.35. The van der Waals surface area contributed by atoms with E-state index in [4.69, 9.17) is 9.47 Å². The van der Waals surface area contributed by atoms with Crippen molar-refractivity contribution in [3.05, 3.63) is 17.0 Å². The van der Waals surface area contributed by atoms with Crippen LogP contribution >= 0.6 is 0 Å². The number of alkyl halides is 3. The maximum Gasteiger partial charge on any atom is 0.435 e. The summed E-state index contributed by atoms with van der Waals surface area (Å²) in [6.07, 6.45) is -3.62. The van der Waals surface area contributed by atoms with Gasteiger partial charge in [-0.1, -0.05) is 0 Å². The molecule has 1 aromatic heterocycles. The summed E-state index contributed by atoms with van der Waals surface area (Å²) in [6.45, 7) is 2.82. The maximum absolute atomic E-state index is 12.9. The molecule has 0 radical (unpaired) electrons. The molecule has 0 spiro atoms. The first-order chi connectivity index (χ1) is 10.8. The van der Waals surface area contributed by atoms with Gasteiger partial charge in [-0.2, -0.15) is 18.3 Å². The Morgan fingerprint density at radius 2 is 2.13 bits per heavy atom. The van der Waals surface area contributed by atoms with Crippen LogP contribution in [0.3, 0.4) is 0 Å². The van der Waals surface area contributed by atoms with E-state index in [1.807, 2.05) is 0 Å². The molecule has 1 aromatic rings. The van der Waals surface area contributed by atoms with E-state index in [1.54, 1.807) is 6.92 Å². The fourth-order valence-electron chi connectivity index (χ4n) is 3.00. The number of aryl methyl sites for hydroxylation is 1. The highest BCUT2D eigenvalue weighted by Crippen LogP contribution is 2.36. The van der Waals surface area contributed by atoms with Crippen molar-refractivity contribution in [1.82, 2.24) is 15.5 Å². The van der Waals surface area contributed by atoms with Gasteiger partial charge in [0.05, 0.1) is 19.8 Å². The average molecular weight is 333 g/mol. The summed E-state index contributed by atoms with van der Waals surface area (Å²) in [5, 5.41) is 8.51. The average Bonchev–Trinajstić information content (AvgIpc) is 3.10. The van der Waals surface area contributed by atoms with E-state index in [-0.39, 0.29) is 24.4 Å². The Morgan fingerprint density at radius 3 is 2.78 bits per heavy atom. The van der Waals surface area contributed by atoms with Crippen molar-refractivity contribution in [3.63, 3.8) is 0 Å². The zero-order valence-corrected chi connectivity index (χ0v) is 12.6. The number of hydrogen-bond donors (Lipinski definition) is 2. The number of aromatic amines is 1. The summed E-state index contributed by atoms with van der Waals surface area (Å²) in [7, 11) is 0. The van der Waals surface area contributed by atoms with Crippen molar-refractivity contribution < 1.29 is 27.4 Å². The summed E-state index contributed by atoms with van der Waals surface area (Å²) < 4.78 is 49.5. The Kier molecular flexibility index (Phi) is 4.09. The second kappa shape index (κ2) is 5.79. The highest BCUT2D eigenvalue weighted by atomic mass is 19.4. The zero-order valence-electron chi connectivity index (χ0n) is 12.6. The fraction of sp³-hybridized carbons (Fsp3) is 0.714. The molecule has 0 saturated carbocycles. The number of aromatic nitrogens is 2. The predicted octanol–water partition coefficient (Wildman–Crippen LogP) is 1.41. The first-order valence-corrected chi connectivity index (χ1v) is 7.47. The van der Waals surface area contributed by atoms with Crippen molar-refractivity contribution >= 4 is 5.91 Å². The van der Waals surface area contributed by atoms with Crippen LogP contribution < -0.4 is 5.32 Å². The zero-order chi connectivity index (χ0) is 16.7. The van der Waals surface area contributed by atoms with Crippen LogP contribution in [0.2, 0.25) is 0 Å². The third-order valence-electron chi connectivity index (χ3n) is 4.27. The van der Waals surface area contributed by atoms with E-state index in [0.717, 1.165) is 0 Å². The molecule has 2 heterocycles. The largest absolute Gasteiger partial charge is 0.435 e. The number of rotatable bonds is 3. The van der Waals surface area contributed by atoms with E-state index in [1.165, 1.54) is 0 Å². The Morgan fingerprint density at radius 1 is 1.43 bits per heavy atom. The van der Waals surface area contributed by atoms with Gasteiger partial charge in [-0.15, -0.1) is 0 Å². The molecule has 1 fully saturated rings. The van der Waals surface area contributed by atoms with Crippen LogP contribution in [0, 0.1) is 5.92 Å². The van der Waals surface area contributed by atoms with Crippen LogP contribution in [0.1, 0.15) is 30.3 Å². The first-order valence-electron chi connectivity index (χ1n) is 7.47. The minimum atomic E-state index is -4.51. The molecule has 23 heavy (non-hydrogen) atoms. The van der Waals surface area contributed by atoms with Crippen molar-refractivity contribution in [1.29, 1.82) is 0 Å². The van der Waals surface area contributed by atoms with E-state index in [0.29, 0.717) is 31.7 Å². The van der Waals surface area contributed by atoms with E-state index >= 15 is 0 Å². The van der Waals surface area contributed by atoms with Crippen molar-refractivity contribution in [3.8, 4) is 0 Å². The Bertz CT molecular complexity index is 594. The number of amides is 1. The van der Waals surface area contributed by atoms with Crippen LogP contribution in [-0.4, -0.2) is 41.7 Å². The number of carbonyl (C=O) groups is 1. The lowest BCUT2D eigenvalue weighted by atomic mass is 9.85. The SMILES string of the molecule is CC1(CNC(=O)[C@@H]2CCc3[nH]nc(C(F)(F)F)c3C2)OCCO1. The number of halogens is 3. The van der Waals surface area contributed by atoms with Crippen LogP contribution in [0.15, 0.2) is 0 Å². The summed E-state index contributed by atoms with van der Waals surface area (Å²) >= 11 is 0. The lowest BCUT2D eigenvalue weighted by Gasteiger charge is -2.26. The molecule has 0 aromatic carbocycles. The van der Waals surface area contributed by atoms with Crippen molar-refractivity contribution in [2.75, 3.05) is 19.8 Å². The topological polar surface area (TPSA) is 76.2 Å². The Labute approximate surface area is 130 Å². The molecule has 1 saturated heterocycles. The first kappa shape index (κ1) is 16.3. The van der Waals surface area contributed by atoms with Crippen LogP contribution in [-0.2, 0) is 33.3 Å². The second-order valence-electron chi connectivity index (χ2n) is 6.02. The van der Waals surface area contributed by atoms with Gasteiger partial charge < -0.3 is 14.8 Å². The highest BCUT2D eigenvalue weighted by molar-refractivity contribution is 5.79. The molecular formula is C14H18F3N3O3. The molecule has 1 aliphatic carbocycles. The highest BCUT2D eigenvalue weighted by Gasteiger charge is 2.40. The standard InChI is InChI=1S/C14H18F3N3O3/c1-13(22-4-5-23-13)7-18-12(21)8-2-3-10-9(6-8)11(20-19-10)14(15,16)17/h8H,2-7H2,1H3,(H,18,21)(H,19,20)/t8-/m1/s1. The van der Waals surface area contributed by atoms with E-state index in [9.17, 15) is 18.0 Å². The lowest BCUT2D eigenvalue weighted by Crippen LogP contribution is -2.44. The minimum Gasteiger partial charge on any atom is -0.350 e. The number of nitrogens with one attached hydrogen (secondary N) is 2. The number of fused-ring (bicyclic) bond motifs is 1. The number of hydrogen-bond acceptors (Lipinski definition) is 4. The monoisotopic (exact) mass is 333 g/mol. The molecule has 9 heteroatoms. The van der Waals surface area contributed by atoms with Crippen LogP contribution in [0.5, 0.6) is 0 Å². The molecule has 6 nitrogen and oxygen atoms in total. The summed E-state index contributed by atoms with van der Waals surface area (Å²) in [6, 6.07) is 0. The number of carbonyl (C=O) groups excluding carboxylic acids is 1. The van der Waals surface area contributed by atoms with Gasteiger partial charge in [-0.25, -0.2) is 0 Å². The molecule has 0 bridgehead atoms. The molecular weight excluding hydrogens is 315 g/mol. The normalized spacial score (nSPS) is 23.6. The van der Waals surface area contributed by atoms with Gasteiger partial charge in [0.1, 0.15) is 0 Å². The van der Waals surface area contributed by atoms with Gasteiger partial charge in [-0.3, -0.25) is 9.89 Å². The molecule has 2 aliphatic rings. The second-order valence-corrected chi connectivity index (χ2v) is 6.02. The molecule has 1 aliphatic heterocycles. The van der Waals surface area contributed by atoms with Gasteiger partial charge in [0, 0.05) is 17.2 Å². The predicted molar refractivity (Wildman–Crippen MR) is 72.4 cm³/mol. The van der Waals surface area contributed by atoms with Gasteiger partial charge >= 0.3 is 6.18 Å². The number of nitrogens with zero attached hydrogens (tertiary/aromatic N) is 1. The van der Waals surface area contributed by atoms with Gasteiger partial charge in [-0.05, 0) is 26.2 Å². The fourth-order valence-corrected chi connectivity index (χ4v) is 3.00. The number of ether oxygens (including phenoxy) is 2. The van der Waals surface area contributed by atoms with Crippen molar-refractivity contribution in [2.24, 2.45) is 5.92 Å². The van der Waals surface area contributed by atoms with Crippen LogP contribution in [0.25, 0.3) is 0 Å². The number of H-pyrrole nitrogens is 1. The van der Waals surface area contributed by atoms with E-state index < -0.39 is 23.6 Å². The van der Waals surface area contributed by atoms with Crippen molar-refractivity contribution in [2.45, 2.75) is 38.1 Å². The van der Waals surface area contributed by atoms with Gasteiger partial charge in [0.2, 0.25) is 5.91 Å². The Balaban J connectivity index is 1.64. The molecule has 128 valence electrons. The maximum atomic E-state index is 12.9. The third-order valence-corrected chi connectivity index (χ3v) is 4.27. The molecule has 3 rings (SSSR count). The Hall–Kier alpha value is -1.61. The van der Waals surface area contributed by atoms with Crippen LogP contribution in [0.4, 0.5) is 13.2 Å². The quantitative estimate of drug-likeness (QED) is 0.877. The minimum absolute atomic E-state index is 0.0327. The summed E-state index contributed by atoms with van der Waals surface area (Å²) in [5.74, 6) is -1.65. The molecule has 2 N–H and O–H groups in total. The summed E-state index contributed by atoms with van der Waals surface area (Å²) in [5.41, 5.74) is -0.348.